The minimum Gasteiger partial charge on any atom is -0.230 e. The lowest BCUT2D eigenvalue weighted by molar-refractivity contribution is 0.590. The Morgan fingerprint density at radius 3 is 2.58 bits per heavy atom. The van der Waals surface area contributed by atoms with Gasteiger partial charge in [-0.3, -0.25) is 0 Å². The molecule has 1 heterocycles. The Hall–Kier alpha value is -2.60. The number of benzene rings is 2. The first-order valence-corrected chi connectivity index (χ1v) is 6.21. The summed E-state index contributed by atoms with van der Waals surface area (Å²) in [7, 11) is 0. The predicted molar refractivity (Wildman–Crippen MR) is 75.6 cm³/mol. The molecular weight excluding hydrogens is 234 g/mol. The van der Waals surface area contributed by atoms with Crippen molar-refractivity contribution in [2.75, 3.05) is 0 Å². The molecular formula is C16H13N3. The minimum absolute atomic E-state index is 0.00685. The van der Waals surface area contributed by atoms with E-state index in [9.17, 15) is 0 Å². The molecule has 0 spiro atoms. The summed E-state index contributed by atoms with van der Waals surface area (Å²) in [4.78, 5) is 0. The van der Waals surface area contributed by atoms with Gasteiger partial charge in [0, 0.05) is 5.56 Å². The first-order chi connectivity index (χ1) is 9.34. The summed E-state index contributed by atoms with van der Waals surface area (Å²) in [6.07, 6.45) is 0. The largest absolute Gasteiger partial charge is 0.230 e. The number of nitrogens with zero attached hydrogens (tertiary/aromatic N) is 3. The molecule has 0 fully saturated rings. The van der Waals surface area contributed by atoms with Crippen LogP contribution in [-0.4, -0.2) is 15.0 Å². The van der Waals surface area contributed by atoms with Crippen molar-refractivity contribution >= 4 is 11.0 Å². The molecule has 19 heavy (non-hydrogen) atoms. The summed E-state index contributed by atoms with van der Waals surface area (Å²) in [5, 5.41) is 8.31. The van der Waals surface area contributed by atoms with Crippen LogP contribution in [0.3, 0.4) is 0 Å². The molecule has 0 N–H and O–H groups in total. The number of aromatic nitrogens is 3. The minimum atomic E-state index is -0.00685. The third kappa shape index (κ3) is 2.34. The van der Waals surface area contributed by atoms with E-state index in [1.54, 1.807) is 0 Å². The van der Waals surface area contributed by atoms with Gasteiger partial charge in [0.2, 0.25) is 0 Å². The molecule has 2 aromatic carbocycles. The molecule has 1 aromatic heterocycles. The lowest BCUT2D eigenvalue weighted by atomic mass is 10.2. The van der Waals surface area contributed by atoms with Gasteiger partial charge < -0.3 is 0 Å². The van der Waals surface area contributed by atoms with Crippen LogP contribution in [0.15, 0.2) is 54.6 Å². The molecule has 3 aromatic rings. The molecule has 3 rings (SSSR count). The number of para-hydroxylation sites is 1. The topological polar surface area (TPSA) is 30.7 Å². The molecule has 0 saturated heterocycles. The fraction of sp³-hybridized carbons (Fsp3) is 0.125. The molecule has 0 aliphatic rings. The first-order valence-electron chi connectivity index (χ1n) is 6.21. The van der Waals surface area contributed by atoms with Crippen molar-refractivity contribution in [1.29, 1.82) is 0 Å². The molecule has 1 unspecified atom stereocenters. The van der Waals surface area contributed by atoms with Crippen LogP contribution in [0.25, 0.3) is 11.0 Å². The van der Waals surface area contributed by atoms with Gasteiger partial charge in [-0.05, 0) is 31.2 Å². The standard InChI is InChI=1S/C16H13N3/c1-13(11-12-14-7-3-2-4-8-14)19-16-10-6-5-9-15(16)17-18-19/h2-10,13H,1H3. The van der Waals surface area contributed by atoms with Crippen molar-refractivity contribution in [2.24, 2.45) is 0 Å². The first kappa shape index (κ1) is 11.5. The molecule has 3 nitrogen and oxygen atoms in total. The second kappa shape index (κ2) is 4.95. The summed E-state index contributed by atoms with van der Waals surface area (Å²) in [5.41, 5.74) is 2.92. The Labute approximate surface area is 111 Å². The molecule has 0 radical (unpaired) electrons. The van der Waals surface area contributed by atoms with Crippen molar-refractivity contribution in [3.63, 3.8) is 0 Å². The highest BCUT2D eigenvalue weighted by Crippen LogP contribution is 2.14. The van der Waals surface area contributed by atoms with Gasteiger partial charge in [-0.1, -0.05) is 47.4 Å². The molecule has 0 aliphatic carbocycles. The second-order valence-electron chi connectivity index (χ2n) is 4.33. The number of hydrogen-bond acceptors (Lipinski definition) is 2. The highest BCUT2D eigenvalue weighted by Gasteiger charge is 2.07. The van der Waals surface area contributed by atoms with Crippen LogP contribution < -0.4 is 0 Å². The van der Waals surface area contributed by atoms with Crippen molar-refractivity contribution in [3.05, 3.63) is 60.2 Å². The van der Waals surface area contributed by atoms with E-state index in [0.717, 1.165) is 16.6 Å². The van der Waals surface area contributed by atoms with E-state index in [-0.39, 0.29) is 6.04 Å². The number of fused-ring (bicyclic) bond motifs is 1. The van der Waals surface area contributed by atoms with Crippen LogP contribution in [0.5, 0.6) is 0 Å². The molecule has 0 saturated carbocycles. The highest BCUT2D eigenvalue weighted by molar-refractivity contribution is 5.74. The molecule has 92 valence electrons. The quantitative estimate of drug-likeness (QED) is 0.619. The average Bonchev–Trinajstić information content (AvgIpc) is 2.90. The Bertz CT molecular complexity index is 748. The van der Waals surface area contributed by atoms with E-state index in [1.165, 1.54) is 0 Å². The van der Waals surface area contributed by atoms with E-state index in [2.05, 4.69) is 22.2 Å². The summed E-state index contributed by atoms with van der Waals surface area (Å²) in [6, 6.07) is 17.9. The Kier molecular flexibility index (Phi) is 2.99. The summed E-state index contributed by atoms with van der Waals surface area (Å²) in [5.74, 6) is 6.36. The SMILES string of the molecule is CC(C#Cc1ccccc1)n1nnc2ccccc21. The zero-order valence-corrected chi connectivity index (χ0v) is 10.6. The summed E-state index contributed by atoms with van der Waals surface area (Å²) in [6.45, 7) is 2.02. The van der Waals surface area contributed by atoms with Gasteiger partial charge >= 0.3 is 0 Å². The molecule has 3 heteroatoms. The molecule has 0 amide bonds. The lowest BCUT2D eigenvalue weighted by Gasteiger charge is -2.04. The number of hydrogen-bond donors (Lipinski definition) is 0. The third-order valence-corrected chi connectivity index (χ3v) is 2.94. The maximum absolute atomic E-state index is 4.17. The van der Waals surface area contributed by atoms with E-state index in [1.807, 2.05) is 66.2 Å². The van der Waals surface area contributed by atoms with E-state index in [4.69, 9.17) is 0 Å². The van der Waals surface area contributed by atoms with Crippen LogP contribution in [0.4, 0.5) is 0 Å². The highest BCUT2D eigenvalue weighted by atomic mass is 15.4. The maximum Gasteiger partial charge on any atom is 0.113 e. The van der Waals surface area contributed by atoms with Gasteiger partial charge in [-0.15, -0.1) is 5.10 Å². The second-order valence-corrected chi connectivity index (χ2v) is 4.33. The fourth-order valence-electron chi connectivity index (χ4n) is 1.94. The zero-order chi connectivity index (χ0) is 13.1. The van der Waals surface area contributed by atoms with E-state index < -0.39 is 0 Å². The Morgan fingerprint density at radius 2 is 1.74 bits per heavy atom. The van der Waals surface area contributed by atoms with Gasteiger partial charge in [-0.25, -0.2) is 4.68 Å². The summed E-state index contributed by atoms with van der Waals surface area (Å²) >= 11 is 0. The monoisotopic (exact) mass is 247 g/mol. The normalized spacial score (nSPS) is 11.8. The summed E-state index contributed by atoms with van der Waals surface area (Å²) < 4.78 is 1.85. The van der Waals surface area contributed by atoms with Gasteiger partial charge in [0.25, 0.3) is 0 Å². The zero-order valence-electron chi connectivity index (χ0n) is 10.6. The lowest BCUT2D eigenvalue weighted by Crippen LogP contribution is -2.04. The van der Waals surface area contributed by atoms with Crippen molar-refractivity contribution in [2.45, 2.75) is 13.0 Å². The van der Waals surface area contributed by atoms with Gasteiger partial charge in [0.1, 0.15) is 11.6 Å². The smallest absolute Gasteiger partial charge is 0.113 e. The van der Waals surface area contributed by atoms with Gasteiger partial charge in [-0.2, -0.15) is 0 Å². The van der Waals surface area contributed by atoms with Crippen LogP contribution in [0, 0.1) is 11.8 Å². The van der Waals surface area contributed by atoms with Crippen molar-refractivity contribution < 1.29 is 0 Å². The average molecular weight is 247 g/mol. The van der Waals surface area contributed by atoms with E-state index in [0.29, 0.717) is 0 Å². The van der Waals surface area contributed by atoms with Crippen molar-refractivity contribution in [1.82, 2.24) is 15.0 Å². The third-order valence-electron chi connectivity index (χ3n) is 2.94. The number of rotatable bonds is 1. The van der Waals surface area contributed by atoms with Gasteiger partial charge in [0.15, 0.2) is 0 Å². The van der Waals surface area contributed by atoms with E-state index >= 15 is 0 Å². The molecule has 1 atom stereocenters. The van der Waals surface area contributed by atoms with Crippen LogP contribution in [-0.2, 0) is 0 Å². The van der Waals surface area contributed by atoms with Crippen LogP contribution in [0.2, 0.25) is 0 Å². The van der Waals surface area contributed by atoms with Crippen molar-refractivity contribution in [3.8, 4) is 11.8 Å². The maximum atomic E-state index is 4.17. The van der Waals surface area contributed by atoms with Gasteiger partial charge in [0.05, 0.1) is 5.52 Å². The van der Waals surface area contributed by atoms with Crippen LogP contribution in [0.1, 0.15) is 18.5 Å². The fourth-order valence-corrected chi connectivity index (χ4v) is 1.94. The predicted octanol–water partition coefficient (Wildman–Crippen LogP) is 3.04. The van der Waals surface area contributed by atoms with Crippen LogP contribution >= 0.6 is 0 Å². The molecule has 0 aliphatic heterocycles. The molecule has 0 bridgehead atoms. The Balaban J connectivity index is 1.93. The Morgan fingerprint density at radius 1 is 1.00 bits per heavy atom.